The van der Waals surface area contributed by atoms with E-state index in [9.17, 15) is 14.7 Å². The summed E-state index contributed by atoms with van der Waals surface area (Å²) in [6, 6.07) is 16.3. The van der Waals surface area contributed by atoms with E-state index < -0.39 is 18.0 Å². The smallest absolute Gasteiger partial charge is 0.355 e. The van der Waals surface area contributed by atoms with E-state index in [4.69, 9.17) is 4.74 Å². The Kier molecular flexibility index (Phi) is 6.52. The van der Waals surface area contributed by atoms with Gasteiger partial charge >= 0.3 is 5.97 Å². The largest absolute Gasteiger partial charge is 0.457 e. The van der Waals surface area contributed by atoms with Crippen LogP contribution in [0, 0.1) is 11.8 Å². The predicted molar refractivity (Wildman–Crippen MR) is 129 cm³/mol. The number of aliphatic hydroxyl groups is 1. The molecule has 3 aliphatic rings. The van der Waals surface area contributed by atoms with Gasteiger partial charge in [-0.05, 0) is 53.7 Å². The molecule has 0 bridgehead atoms. The zero-order valence-corrected chi connectivity index (χ0v) is 19.5. The molecule has 1 aliphatic carbocycles. The SMILES string of the molecule is C=CCOC(=O)C1=C2c3cc(-c4ccccc4)ccc3CC[C@@H]2C2[C@@H]([C@@H](C)O)C(=O)N12.CC. The number of benzene rings is 2. The molecule has 5 heteroatoms. The topological polar surface area (TPSA) is 66.8 Å². The van der Waals surface area contributed by atoms with E-state index in [1.165, 1.54) is 11.6 Å². The second kappa shape index (κ2) is 9.36. The molecule has 1 unspecified atom stereocenters. The van der Waals surface area contributed by atoms with Crippen molar-refractivity contribution >= 4 is 17.4 Å². The fraction of sp³-hybridized carbons (Fsp3) is 0.357. The van der Waals surface area contributed by atoms with Crippen LogP contribution < -0.4 is 0 Å². The lowest BCUT2D eigenvalue weighted by Crippen LogP contribution is -2.64. The summed E-state index contributed by atoms with van der Waals surface area (Å²) < 4.78 is 5.38. The minimum atomic E-state index is -0.754. The van der Waals surface area contributed by atoms with Crippen LogP contribution in [-0.2, 0) is 20.7 Å². The van der Waals surface area contributed by atoms with Crippen LogP contribution in [0.15, 0.2) is 66.9 Å². The van der Waals surface area contributed by atoms with E-state index in [1.54, 1.807) is 11.8 Å². The molecule has 0 spiro atoms. The maximum atomic E-state index is 13.1. The molecule has 2 aromatic carbocycles. The number of rotatable bonds is 5. The van der Waals surface area contributed by atoms with Crippen LogP contribution in [0.5, 0.6) is 0 Å². The number of carbonyl (C=O) groups is 2. The van der Waals surface area contributed by atoms with Gasteiger partial charge in [-0.2, -0.15) is 0 Å². The first-order valence-corrected chi connectivity index (χ1v) is 11.7. The van der Waals surface area contributed by atoms with Crippen molar-refractivity contribution in [2.75, 3.05) is 6.61 Å². The van der Waals surface area contributed by atoms with Crippen molar-refractivity contribution < 1.29 is 19.4 Å². The average molecular weight is 446 g/mol. The number of hydrogen-bond acceptors (Lipinski definition) is 4. The van der Waals surface area contributed by atoms with Crippen LogP contribution >= 0.6 is 0 Å². The van der Waals surface area contributed by atoms with E-state index in [1.807, 2.05) is 32.0 Å². The van der Waals surface area contributed by atoms with Gasteiger partial charge in [0.2, 0.25) is 5.91 Å². The number of ether oxygens (including phenoxy) is 1. The summed E-state index contributed by atoms with van der Waals surface area (Å²) in [4.78, 5) is 27.5. The summed E-state index contributed by atoms with van der Waals surface area (Å²) in [5.74, 6) is -1.17. The lowest BCUT2D eigenvalue weighted by atomic mass is 9.70. The second-order valence-corrected chi connectivity index (χ2v) is 8.50. The lowest BCUT2D eigenvalue weighted by molar-refractivity contribution is -0.164. The van der Waals surface area contributed by atoms with Gasteiger partial charge in [-0.3, -0.25) is 4.79 Å². The molecular weight excluding hydrogens is 414 g/mol. The van der Waals surface area contributed by atoms with Crippen LogP contribution in [0.25, 0.3) is 16.7 Å². The highest BCUT2D eigenvalue weighted by molar-refractivity contribution is 6.08. The molecule has 2 heterocycles. The highest BCUT2D eigenvalue weighted by Crippen LogP contribution is 2.55. The van der Waals surface area contributed by atoms with Crippen molar-refractivity contribution in [1.29, 1.82) is 0 Å². The molecular formula is C28H31NO4. The van der Waals surface area contributed by atoms with Crippen molar-refractivity contribution in [2.45, 2.75) is 45.8 Å². The maximum absolute atomic E-state index is 13.1. The van der Waals surface area contributed by atoms with E-state index in [0.29, 0.717) is 5.70 Å². The van der Waals surface area contributed by atoms with Gasteiger partial charge in [-0.15, -0.1) is 0 Å². The Morgan fingerprint density at radius 2 is 1.94 bits per heavy atom. The molecule has 33 heavy (non-hydrogen) atoms. The van der Waals surface area contributed by atoms with Gasteiger partial charge in [-0.1, -0.05) is 69.0 Å². The third-order valence-electron chi connectivity index (χ3n) is 6.74. The van der Waals surface area contributed by atoms with Crippen molar-refractivity contribution in [2.24, 2.45) is 11.8 Å². The van der Waals surface area contributed by atoms with E-state index in [-0.39, 0.29) is 24.5 Å². The minimum absolute atomic E-state index is 0.0158. The van der Waals surface area contributed by atoms with Gasteiger partial charge in [0, 0.05) is 5.92 Å². The van der Waals surface area contributed by atoms with Crippen molar-refractivity contribution in [3.8, 4) is 11.1 Å². The number of fused-ring (bicyclic) bond motifs is 5. The third kappa shape index (κ3) is 3.70. The summed E-state index contributed by atoms with van der Waals surface area (Å²) in [5, 5.41) is 10.2. The van der Waals surface area contributed by atoms with Crippen LogP contribution in [0.3, 0.4) is 0 Å². The van der Waals surface area contributed by atoms with Gasteiger partial charge in [0.25, 0.3) is 0 Å². The number of aryl methyl sites for hydroxylation is 1. The molecule has 5 rings (SSSR count). The zero-order chi connectivity index (χ0) is 23.7. The van der Waals surface area contributed by atoms with Crippen molar-refractivity contribution in [3.63, 3.8) is 0 Å². The minimum Gasteiger partial charge on any atom is -0.457 e. The predicted octanol–water partition coefficient (Wildman–Crippen LogP) is 4.60. The van der Waals surface area contributed by atoms with E-state index >= 15 is 0 Å². The fourth-order valence-electron chi connectivity index (χ4n) is 5.41. The van der Waals surface area contributed by atoms with Gasteiger partial charge < -0.3 is 14.7 Å². The fourth-order valence-corrected chi connectivity index (χ4v) is 5.41. The molecule has 1 amide bonds. The molecule has 1 fully saturated rings. The maximum Gasteiger partial charge on any atom is 0.355 e. The first kappa shape index (κ1) is 23.0. The van der Waals surface area contributed by atoms with Crippen LogP contribution in [0.2, 0.25) is 0 Å². The quantitative estimate of drug-likeness (QED) is 0.415. The van der Waals surface area contributed by atoms with E-state index in [2.05, 4.69) is 36.9 Å². The molecule has 0 saturated carbocycles. The second-order valence-electron chi connectivity index (χ2n) is 8.50. The van der Waals surface area contributed by atoms with Gasteiger partial charge in [0.15, 0.2) is 0 Å². The first-order valence-electron chi connectivity index (χ1n) is 11.7. The highest BCUT2D eigenvalue weighted by atomic mass is 16.5. The van der Waals surface area contributed by atoms with Gasteiger partial charge in [0.05, 0.1) is 18.1 Å². The lowest BCUT2D eigenvalue weighted by Gasteiger charge is -2.47. The van der Waals surface area contributed by atoms with Crippen LogP contribution in [0.4, 0.5) is 0 Å². The molecule has 2 aromatic rings. The normalized spacial score (nSPS) is 23.3. The number of nitrogens with zero attached hydrogens (tertiary/aromatic N) is 1. The first-order chi connectivity index (χ1) is 16.0. The summed E-state index contributed by atoms with van der Waals surface area (Å²) in [5.41, 5.74) is 5.57. The molecule has 2 aliphatic heterocycles. The van der Waals surface area contributed by atoms with Gasteiger partial charge in [0.1, 0.15) is 12.3 Å². The summed E-state index contributed by atoms with van der Waals surface area (Å²) in [6.45, 7) is 9.35. The number of esters is 1. The van der Waals surface area contributed by atoms with E-state index in [0.717, 1.165) is 35.1 Å². The van der Waals surface area contributed by atoms with Crippen LogP contribution in [0.1, 0.15) is 38.3 Å². The number of amides is 1. The zero-order valence-electron chi connectivity index (χ0n) is 19.5. The molecule has 4 atom stereocenters. The Labute approximate surface area is 195 Å². The molecule has 5 nitrogen and oxygen atoms in total. The third-order valence-corrected chi connectivity index (χ3v) is 6.74. The average Bonchev–Trinajstić information content (AvgIpc) is 3.14. The summed E-state index contributed by atoms with van der Waals surface area (Å²) in [7, 11) is 0. The monoisotopic (exact) mass is 445 g/mol. The number of aliphatic hydroxyl groups excluding tert-OH is 1. The Morgan fingerprint density at radius 3 is 2.61 bits per heavy atom. The van der Waals surface area contributed by atoms with Gasteiger partial charge in [-0.25, -0.2) is 4.79 Å². The van der Waals surface area contributed by atoms with Crippen LogP contribution in [-0.4, -0.2) is 40.6 Å². The standard InChI is InChI=1S/C26H25NO4.C2H6/c1-3-13-31-26(30)24-22-19(23-21(15(2)28)25(29)27(23)24)12-11-17-9-10-18(14-20(17)22)16-7-5-4-6-8-16;1-2/h3-10,14-15,19,21,23,28H,1,11-13H2,2H3;1-2H3/t15-,19+,21-,23?;/m1./s1. The Morgan fingerprint density at radius 1 is 1.21 bits per heavy atom. The molecule has 1 saturated heterocycles. The summed E-state index contributed by atoms with van der Waals surface area (Å²) >= 11 is 0. The molecule has 172 valence electrons. The Balaban J connectivity index is 0.00000126. The molecule has 0 radical (unpaired) electrons. The molecule has 1 N–H and O–H groups in total. The Bertz CT molecular complexity index is 1100. The Hall–Kier alpha value is -3.18. The van der Waals surface area contributed by atoms with Crippen molar-refractivity contribution in [1.82, 2.24) is 4.90 Å². The highest BCUT2D eigenvalue weighted by Gasteiger charge is 2.61. The number of β-lactam (4-membered cyclic amide) rings is 1. The summed E-state index contributed by atoms with van der Waals surface area (Å²) in [6.07, 6.45) is 2.48. The molecule has 0 aromatic heterocycles. The van der Waals surface area contributed by atoms with Crippen molar-refractivity contribution in [3.05, 3.63) is 78.0 Å². The number of carbonyl (C=O) groups excluding carboxylic acids is 2. The number of hydrogen-bond donors (Lipinski definition) is 1.